The van der Waals surface area contributed by atoms with E-state index in [0.29, 0.717) is 28.8 Å². The number of hydrogen-bond acceptors (Lipinski definition) is 8. The van der Waals surface area contributed by atoms with Crippen molar-refractivity contribution in [3.63, 3.8) is 0 Å². The molecule has 0 atom stereocenters. The molecule has 0 amide bonds. The number of nitriles is 1. The van der Waals surface area contributed by atoms with E-state index >= 15 is 0 Å². The summed E-state index contributed by atoms with van der Waals surface area (Å²) in [6.07, 6.45) is 1.86. The molecule has 0 saturated carbocycles. The number of aromatic amines is 1. The van der Waals surface area contributed by atoms with Gasteiger partial charge in [-0.15, -0.1) is 0 Å². The number of thioether (sulfide) groups is 1. The normalized spacial score (nSPS) is 10.1. The van der Waals surface area contributed by atoms with E-state index in [1.807, 2.05) is 6.07 Å². The number of aromatic nitrogens is 2. The van der Waals surface area contributed by atoms with Gasteiger partial charge >= 0.3 is 5.97 Å². The van der Waals surface area contributed by atoms with Crippen molar-refractivity contribution in [3.8, 4) is 28.8 Å². The molecule has 0 bridgehead atoms. The molecular weight excluding hydrogens is 370 g/mol. The maximum absolute atomic E-state index is 12.1. The fraction of sp³-hybridized carbons (Fsp3) is 0.333. The molecule has 0 aliphatic heterocycles. The minimum atomic E-state index is -0.507. The fourth-order valence-electron chi connectivity index (χ4n) is 2.28. The number of carbonyl (C=O) groups is 1. The first-order valence-corrected chi connectivity index (χ1v) is 9.31. The fourth-order valence-corrected chi connectivity index (χ4v) is 2.65. The largest absolute Gasteiger partial charge is 0.493 e. The Bertz CT molecular complexity index is 920. The molecule has 0 unspecified atom stereocenters. The predicted octanol–water partition coefficient (Wildman–Crippen LogP) is 2.37. The smallest absolute Gasteiger partial charge is 0.309 e. The minimum Gasteiger partial charge on any atom is -0.493 e. The maximum atomic E-state index is 12.1. The molecule has 2 aromatic rings. The molecule has 0 spiro atoms. The summed E-state index contributed by atoms with van der Waals surface area (Å²) in [5, 5.41) is 9.72. The summed E-state index contributed by atoms with van der Waals surface area (Å²) in [5.74, 6) is 0.465. The molecule has 0 aliphatic carbocycles. The molecule has 2 rings (SSSR count). The van der Waals surface area contributed by atoms with Crippen molar-refractivity contribution in [2.75, 3.05) is 26.6 Å². The van der Waals surface area contributed by atoms with Gasteiger partial charge in [0, 0.05) is 5.56 Å². The number of methoxy groups -OCH3 is 1. The van der Waals surface area contributed by atoms with E-state index in [0.717, 1.165) is 0 Å². The van der Waals surface area contributed by atoms with Gasteiger partial charge in [-0.05, 0) is 31.4 Å². The van der Waals surface area contributed by atoms with Crippen LogP contribution in [0.3, 0.4) is 0 Å². The van der Waals surface area contributed by atoms with Crippen LogP contribution < -0.4 is 15.0 Å². The van der Waals surface area contributed by atoms with Crippen molar-refractivity contribution in [1.29, 1.82) is 5.26 Å². The third kappa shape index (κ3) is 5.01. The molecule has 0 fully saturated rings. The van der Waals surface area contributed by atoms with Gasteiger partial charge in [0.25, 0.3) is 5.56 Å². The second kappa shape index (κ2) is 9.64. The van der Waals surface area contributed by atoms with E-state index in [1.54, 1.807) is 31.4 Å². The second-order valence-corrected chi connectivity index (χ2v) is 5.97. The lowest BCUT2D eigenvalue weighted by Crippen LogP contribution is -2.14. The van der Waals surface area contributed by atoms with Crippen LogP contribution in [0.1, 0.15) is 18.9 Å². The number of H-pyrrole nitrogens is 1. The van der Waals surface area contributed by atoms with Crippen molar-refractivity contribution in [2.45, 2.75) is 18.5 Å². The first kappa shape index (κ1) is 20.3. The SMILES string of the molecule is CCOC(=O)CCOc1cc(-c2nc(SC)[nH]c(=O)c2C#N)ccc1OC. The molecule has 1 aromatic carbocycles. The lowest BCUT2D eigenvalue weighted by atomic mass is 10.1. The van der Waals surface area contributed by atoms with Gasteiger partial charge in [-0.25, -0.2) is 4.98 Å². The van der Waals surface area contributed by atoms with Gasteiger partial charge in [-0.3, -0.25) is 9.59 Å². The van der Waals surface area contributed by atoms with E-state index in [4.69, 9.17) is 14.2 Å². The molecule has 27 heavy (non-hydrogen) atoms. The molecule has 142 valence electrons. The van der Waals surface area contributed by atoms with Crippen molar-refractivity contribution >= 4 is 17.7 Å². The summed E-state index contributed by atoms with van der Waals surface area (Å²) in [7, 11) is 1.49. The molecule has 0 radical (unpaired) electrons. The predicted molar refractivity (Wildman–Crippen MR) is 100 cm³/mol. The third-order valence-corrected chi connectivity index (χ3v) is 4.09. The quantitative estimate of drug-likeness (QED) is 0.416. The van der Waals surface area contributed by atoms with Crippen LogP contribution in [-0.4, -0.2) is 42.5 Å². The highest BCUT2D eigenvalue weighted by Crippen LogP contribution is 2.33. The van der Waals surface area contributed by atoms with Crippen LogP contribution in [0.2, 0.25) is 0 Å². The van der Waals surface area contributed by atoms with E-state index < -0.39 is 5.56 Å². The van der Waals surface area contributed by atoms with Crippen LogP contribution in [0.4, 0.5) is 0 Å². The first-order chi connectivity index (χ1) is 13.0. The Hall–Kier alpha value is -2.99. The Morgan fingerprint density at radius 1 is 1.37 bits per heavy atom. The van der Waals surface area contributed by atoms with Gasteiger partial charge in [-0.1, -0.05) is 11.8 Å². The Morgan fingerprint density at radius 3 is 2.78 bits per heavy atom. The lowest BCUT2D eigenvalue weighted by molar-refractivity contribution is -0.143. The number of esters is 1. The number of hydrogen-bond donors (Lipinski definition) is 1. The topological polar surface area (TPSA) is 114 Å². The highest BCUT2D eigenvalue weighted by atomic mass is 32.2. The van der Waals surface area contributed by atoms with Gasteiger partial charge < -0.3 is 19.2 Å². The standard InChI is InChI=1S/C18H19N3O5S/c1-4-25-15(22)7-8-26-14-9-11(5-6-13(14)24-2)16-12(10-19)17(23)21-18(20-16)27-3/h5-6,9H,4,7-8H2,1-3H3,(H,20,21,23). The number of nitrogens with one attached hydrogen (secondary N) is 1. The average Bonchev–Trinajstić information content (AvgIpc) is 2.67. The minimum absolute atomic E-state index is 0.0876. The van der Waals surface area contributed by atoms with Crippen molar-refractivity contribution in [1.82, 2.24) is 9.97 Å². The molecule has 1 heterocycles. The first-order valence-electron chi connectivity index (χ1n) is 8.09. The van der Waals surface area contributed by atoms with E-state index in [1.165, 1.54) is 18.9 Å². The molecule has 0 aliphatic rings. The monoisotopic (exact) mass is 389 g/mol. The number of nitrogens with zero attached hydrogens (tertiary/aromatic N) is 2. The van der Waals surface area contributed by atoms with Gasteiger partial charge in [0.2, 0.25) is 0 Å². The summed E-state index contributed by atoms with van der Waals surface area (Å²) in [6, 6.07) is 6.84. The summed E-state index contributed by atoms with van der Waals surface area (Å²) in [5.41, 5.74) is 0.186. The Labute approximate surface area is 160 Å². The zero-order valence-corrected chi connectivity index (χ0v) is 16.0. The van der Waals surface area contributed by atoms with Crippen LogP contribution in [0.25, 0.3) is 11.3 Å². The van der Waals surface area contributed by atoms with Gasteiger partial charge in [-0.2, -0.15) is 5.26 Å². The average molecular weight is 389 g/mol. The maximum Gasteiger partial charge on any atom is 0.309 e. The number of benzene rings is 1. The zero-order chi connectivity index (χ0) is 19.8. The molecule has 8 nitrogen and oxygen atoms in total. The summed E-state index contributed by atoms with van der Waals surface area (Å²) >= 11 is 1.26. The lowest BCUT2D eigenvalue weighted by Gasteiger charge is -2.13. The van der Waals surface area contributed by atoms with Crippen LogP contribution in [0.15, 0.2) is 28.2 Å². The molecule has 1 N–H and O–H groups in total. The van der Waals surface area contributed by atoms with Crippen LogP contribution in [0, 0.1) is 11.3 Å². The van der Waals surface area contributed by atoms with E-state index in [2.05, 4.69) is 9.97 Å². The second-order valence-electron chi connectivity index (χ2n) is 5.18. The summed E-state index contributed by atoms with van der Waals surface area (Å²) in [4.78, 5) is 30.4. The molecular formula is C18H19N3O5S. The van der Waals surface area contributed by atoms with Gasteiger partial charge in [0.05, 0.1) is 32.4 Å². The summed E-state index contributed by atoms with van der Waals surface area (Å²) in [6.45, 7) is 2.14. The third-order valence-electron chi connectivity index (χ3n) is 3.51. The van der Waals surface area contributed by atoms with Crippen molar-refractivity contribution < 1.29 is 19.0 Å². The molecule has 1 aromatic heterocycles. The highest BCUT2D eigenvalue weighted by Gasteiger charge is 2.16. The van der Waals surface area contributed by atoms with Crippen molar-refractivity contribution in [2.24, 2.45) is 0 Å². The Morgan fingerprint density at radius 2 is 2.15 bits per heavy atom. The van der Waals surface area contributed by atoms with Gasteiger partial charge in [0.1, 0.15) is 11.6 Å². The zero-order valence-electron chi connectivity index (χ0n) is 15.2. The summed E-state index contributed by atoms with van der Waals surface area (Å²) < 4.78 is 15.8. The molecule has 0 saturated heterocycles. The number of carbonyl (C=O) groups excluding carboxylic acids is 1. The Balaban J connectivity index is 2.37. The van der Waals surface area contributed by atoms with Crippen LogP contribution >= 0.6 is 11.8 Å². The Kier molecular flexibility index (Phi) is 7.25. The van der Waals surface area contributed by atoms with Gasteiger partial charge in [0.15, 0.2) is 16.7 Å². The van der Waals surface area contributed by atoms with Crippen LogP contribution in [-0.2, 0) is 9.53 Å². The highest BCUT2D eigenvalue weighted by molar-refractivity contribution is 7.98. The number of ether oxygens (including phenoxy) is 3. The van der Waals surface area contributed by atoms with E-state index in [-0.39, 0.29) is 30.3 Å². The van der Waals surface area contributed by atoms with Crippen LogP contribution in [0.5, 0.6) is 11.5 Å². The van der Waals surface area contributed by atoms with Crippen molar-refractivity contribution in [3.05, 3.63) is 34.1 Å². The molecule has 9 heteroatoms. The van der Waals surface area contributed by atoms with E-state index in [9.17, 15) is 14.9 Å². The number of rotatable bonds is 8.